The van der Waals surface area contributed by atoms with Gasteiger partial charge in [-0.25, -0.2) is 0 Å². The topological polar surface area (TPSA) is 307 Å². The van der Waals surface area contributed by atoms with Crippen LogP contribution in [-0.4, -0.2) is 193 Å². The summed E-state index contributed by atoms with van der Waals surface area (Å²) in [4.78, 5) is 13.5. The van der Waals surface area contributed by atoms with Crippen LogP contribution in [0, 0.1) is 0 Å². The molecule has 3 aliphatic heterocycles. The molecule has 0 spiro atoms. The van der Waals surface area contributed by atoms with E-state index in [9.17, 15) is 61.0 Å². The third-order valence-corrected chi connectivity index (χ3v) is 20.3. The molecule has 0 saturated carbocycles. The van der Waals surface area contributed by atoms with Gasteiger partial charge in [0.25, 0.3) is 0 Å². The third kappa shape index (κ3) is 46.1. The van der Waals surface area contributed by atoms with E-state index in [0.717, 1.165) is 116 Å². The summed E-state index contributed by atoms with van der Waals surface area (Å²) in [6, 6.07) is -0.982. The monoisotopic (exact) mass is 1510 g/mol. The number of carbonyl (C=O) groups excluding carboxylic acids is 1. The molecule has 616 valence electrons. The number of aliphatic hydroxyl groups excluding tert-OH is 11. The lowest BCUT2D eigenvalue weighted by molar-refractivity contribution is -0.379. The summed E-state index contributed by atoms with van der Waals surface area (Å²) in [6.07, 6.45) is 67.5. The molecule has 19 heteroatoms. The van der Waals surface area contributed by atoms with Crippen LogP contribution in [0.15, 0.2) is 122 Å². The van der Waals surface area contributed by atoms with Crippen LogP contribution in [0.1, 0.15) is 296 Å². The van der Waals surface area contributed by atoms with Gasteiger partial charge in [0.15, 0.2) is 18.9 Å². The average Bonchev–Trinajstić information content (AvgIpc) is 0.782. The van der Waals surface area contributed by atoms with Crippen molar-refractivity contribution < 1.29 is 89.4 Å². The smallest absolute Gasteiger partial charge is 0.220 e. The van der Waals surface area contributed by atoms with E-state index in [2.05, 4.69) is 129 Å². The Balaban J connectivity index is 1.33. The van der Waals surface area contributed by atoms with Crippen molar-refractivity contribution in [2.75, 3.05) is 26.4 Å². The average molecular weight is 1510 g/mol. The van der Waals surface area contributed by atoms with E-state index in [4.69, 9.17) is 28.4 Å². The molecule has 0 bridgehead atoms. The summed E-state index contributed by atoms with van der Waals surface area (Å²) in [5.74, 6) is -0.278. The Morgan fingerprint density at radius 1 is 0.346 bits per heavy atom. The molecule has 17 unspecified atom stereocenters. The fourth-order valence-electron chi connectivity index (χ4n) is 13.5. The largest absolute Gasteiger partial charge is 0.394 e. The number of ether oxygens (including phenoxy) is 6. The quantitative estimate of drug-likeness (QED) is 0.0199. The molecule has 0 aromatic rings. The highest BCUT2D eigenvalue weighted by Gasteiger charge is 2.54. The molecule has 3 heterocycles. The standard InChI is InChI=1S/C88H151NO18/c1-3-5-7-9-11-13-15-17-19-21-23-25-26-27-28-29-30-31-32-33-34-35-36-37-38-39-40-41-42-43-44-46-48-50-52-54-56-58-60-62-64-66-76(94)89-71(72(93)65-63-61-59-57-55-53-51-49-47-45-24-22-20-18-16-14-12-10-8-6-4-2)70-102-86-82(100)79(97)84(74(68-91)104-86)107-88-83(101)80(98)85(75(69-92)105-88)106-87-81(99)78(96)77(95)73(67-90)103-87/h5,7,11,13,17,19,23,25,27-28,30-31,33-34,36-37,39-40,63,65,71-75,77-88,90-93,95-101H,3-4,6,8-10,12,14-16,18,20-22,24,26,29,32,35,38,41-62,64,66-70H2,1-2H3,(H,89,94)/b7-5-,13-11-,19-17-,25-23-,28-27-,31-30-,34-33-,37-36-,40-39-,65-63+. The lowest BCUT2D eigenvalue weighted by atomic mass is 9.96. The van der Waals surface area contributed by atoms with Gasteiger partial charge in [-0.1, -0.05) is 322 Å². The molecular weight excluding hydrogens is 1360 g/mol. The molecule has 3 fully saturated rings. The number of unbranched alkanes of at least 4 members (excludes halogenated alkanes) is 32. The van der Waals surface area contributed by atoms with Crippen LogP contribution in [0.5, 0.6) is 0 Å². The third-order valence-electron chi connectivity index (χ3n) is 20.3. The molecule has 1 amide bonds. The summed E-state index contributed by atoms with van der Waals surface area (Å²) in [6.45, 7) is 1.64. The Labute approximate surface area is 646 Å². The summed E-state index contributed by atoms with van der Waals surface area (Å²) < 4.78 is 34.5. The Morgan fingerprint density at radius 3 is 1.01 bits per heavy atom. The van der Waals surface area contributed by atoms with Gasteiger partial charge in [0, 0.05) is 6.42 Å². The number of carbonyl (C=O) groups is 1. The number of aliphatic hydroxyl groups is 11. The molecule has 3 aliphatic rings. The molecule has 107 heavy (non-hydrogen) atoms. The van der Waals surface area contributed by atoms with Crippen LogP contribution in [0.25, 0.3) is 0 Å². The summed E-state index contributed by atoms with van der Waals surface area (Å²) >= 11 is 0. The van der Waals surface area contributed by atoms with Gasteiger partial charge in [-0.3, -0.25) is 4.79 Å². The van der Waals surface area contributed by atoms with E-state index in [1.54, 1.807) is 6.08 Å². The highest BCUT2D eigenvalue weighted by atomic mass is 16.8. The predicted octanol–water partition coefficient (Wildman–Crippen LogP) is 15.1. The van der Waals surface area contributed by atoms with E-state index in [0.29, 0.717) is 6.42 Å². The molecule has 3 saturated heterocycles. The minimum absolute atomic E-state index is 0.236. The van der Waals surface area contributed by atoms with Crippen molar-refractivity contribution in [3.05, 3.63) is 122 Å². The normalized spacial score (nSPS) is 26.2. The summed E-state index contributed by atoms with van der Waals surface area (Å²) in [5.41, 5.74) is 0. The van der Waals surface area contributed by atoms with Crippen molar-refractivity contribution in [3.8, 4) is 0 Å². The van der Waals surface area contributed by atoms with Crippen molar-refractivity contribution in [2.45, 2.75) is 401 Å². The molecule has 0 aromatic carbocycles. The van der Waals surface area contributed by atoms with Crippen LogP contribution < -0.4 is 5.32 Å². The summed E-state index contributed by atoms with van der Waals surface area (Å²) in [5, 5.41) is 121. The van der Waals surface area contributed by atoms with Crippen LogP contribution in [0.2, 0.25) is 0 Å². The van der Waals surface area contributed by atoms with Crippen LogP contribution in [0.4, 0.5) is 0 Å². The Hall–Kier alpha value is -3.81. The fraction of sp³-hybridized carbons (Fsp3) is 0.761. The van der Waals surface area contributed by atoms with Crippen LogP contribution in [0.3, 0.4) is 0 Å². The van der Waals surface area contributed by atoms with Crippen molar-refractivity contribution in [1.29, 1.82) is 0 Å². The van der Waals surface area contributed by atoms with Crippen molar-refractivity contribution >= 4 is 5.91 Å². The van der Waals surface area contributed by atoms with Gasteiger partial charge in [-0.15, -0.1) is 0 Å². The van der Waals surface area contributed by atoms with Gasteiger partial charge in [0.1, 0.15) is 73.2 Å². The molecule has 17 atom stereocenters. The highest BCUT2D eigenvalue weighted by Crippen LogP contribution is 2.33. The predicted molar refractivity (Wildman–Crippen MR) is 429 cm³/mol. The fourth-order valence-corrected chi connectivity index (χ4v) is 13.5. The van der Waals surface area contributed by atoms with Crippen molar-refractivity contribution in [3.63, 3.8) is 0 Å². The number of rotatable bonds is 66. The van der Waals surface area contributed by atoms with E-state index < -0.39 is 124 Å². The van der Waals surface area contributed by atoms with Gasteiger partial charge < -0.3 is 89.9 Å². The van der Waals surface area contributed by atoms with E-state index in [1.165, 1.54) is 154 Å². The second kappa shape index (κ2) is 66.8. The number of nitrogens with one attached hydrogen (secondary N) is 1. The van der Waals surface area contributed by atoms with E-state index in [1.807, 2.05) is 6.08 Å². The number of allylic oxidation sites excluding steroid dienone is 19. The minimum Gasteiger partial charge on any atom is -0.394 e. The molecule has 0 aliphatic carbocycles. The first-order valence-electron chi connectivity index (χ1n) is 42.3. The maximum absolute atomic E-state index is 13.5. The molecule has 12 N–H and O–H groups in total. The second-order valence-electron chi connectivity index (χ2n) is 29.6. The maximum atomic E-state index is 13.5. The zero-order valence-corrected chi connectivity index (χ0v) is 66.1. The first kappa shape index (κ1) is 97.4. The number of hydrogen-bond acceptors (Lipinski definition) is 18. The zero-order chi connectivity index (χ0) is 77.4. The van der Waals surface area contributed by atoms with Gasteiger partial charge in [-0.05, 0) is 89.9 Å². The SMILES string of the molecule is CC/C=C\C/C=C\C/C=C\C/C=C\C/C=C\C/C=C\C/C=C\C/C=C\C/C=C\CCCCCCCCCCCCCCCC(=O)NC(COC1OC(CO)C(OC2OC(CO)C(OC3OC(CO)C(O)C(O)C3O)C(O)C2O)C(O)C1O)C(O)/C=C/CCCCCCCCCCCCCCCCCCCCC. The van der Waals surface area contributed by atoms with Crippen molar-refractivity contribution in [2.24, 2.45) is 0 Å². The van der Waals surface area contributed by atoms with Crippen LogP contribution >= 0.6 is 0 Å². The molecule has 0 radical (unpaired) electrons. The van der Waals surface area contributed by atoms with E-state index in [-0.39, 0.29) is 18.9 Å². The zero-order valence-electron chi connectivity index (χ0n) is 66.1. The Kier molecular flexibility index (Phi) is 60.8. The highest BCUT2D eigenvalue weighted by molar-refractivity contribution is 5.76. The van der Waals surface area contributed by atoms with Gasteiger partial charge >= 0.3 is 0 Å². The van der Waals surface area contributed by atoms with Crippen LogP contribution in [-0.2, 0) is 33.2 Å². The Morgan fingerprint density at radius 2 is 0.645 bits per heavy atom. The number of amides is 1. The summed E-state index contributed by atoms with van der Waals surface area (Å²) in [7, 11) is 0. The van der Waals surface area contributed by atoms with Gasteiger partial charge in [0.2, 0.25) is 5.91 Å². The Bertz CT molecular complexity index is 2410. The molecule has 19 nitrogen and oxygen atoms in total. The van der Waals surface area contributed by atoms with E-state index >= 15 is 0 Å². The molecule has 3 rings (SSSR count). The first-order valence-corrected chi connectivity index (χ1v) is 42.3. The first-order chi connectivity index (χ1) is 52.3. The van der Waals surface area contributed by atoms with Gasteiger partial charge in [-0.2, -0.15) is 0 Å². The minimum atomic E-state index is -1.98. The molecule has 0 aromatic heterocycles. The molecular formula is C88H151NO18. The number of hydrogen-bond donors (Lipinski definition) is 12. The maximum Gasteiger partial charge on any atom is 0.220 e. The van der Waals surface area contributed by atoms with Gasteiger partial charge in [0.05, 0.1) is 38.6 Å². The second-order valence-corrected chi connectivity index (χ2v) is 29.6. The lowest BCUT2D eigenvalue weighted by Gasteiger charge is -2.48. The lowest BCUT2D eigenvalue weighted by Crippen LogP contribution is -2.66. The van der Waals surface area contributed by atoms with Crippen molar-refractivity contribution in [1.82, 2.24) is 5.32 Å².